The fourth-order valence-electron chi connectivity index (χ4n) is 4.59. The maximum Gasteiger partial charge on any atom is 0.335 e. The molecule has 0 radical (unpaired) electrons. The summed E-state index contributed by atoms with van der Waals surface area (Å²) in [5, 5.41) is 9.36. The van der Waals surface area contributed by atoms with Crippen molar-refractivity contribution in [2.24, 2.45) is 5.92 Å². The Bertz CT molecular complexity index is 1220. The number of carboxylic acid groups (broad SMARTS) is 1. The standard InChI is InChI=1S/C25H28N2O4S/c1-19-17-26(15-13-25(19,2)21-9-6-8-20(16-21)24(28)29)18-22-10-7-14-27(22)32(30,31)23-11-4-3-5-12-23/h3-12,14,16,19H,13,15,17-18H2,1-2H3,(H,28,29)/t19-,25+/m0/s1. The fraction of sp³-hybridized carbons (Fsp3) is 0.320. The zero-order valence-corrected chi connectivity index (χ0v) is 19.1. The van der Waals surface area contributed by atoms with Gasteiger partial charge in [0.25, 0.3) is 10.0 Å². The second-order valence-electron chi connectivity index (χ2n) is 8.80. The van der Waals surface area contributed by atoms with Gasteiger partial charge in [0.15, 0.2) is 0 Å². The Hall–Kier alpha value is -2.90. The zero-order valence-electron chi connectivity index (χ0n) is 18.3. The molecule has 6 nitrogen and oxygen atoms in total. The quantitative estimate of drug-likeness (QED) is 0.606. The van der Waals surface area contributed by atoms with E-state index < -0.39 is 16.0 Å². The van der Waals surface area contributed by atoms with Crippen LogP contribution in [0, 0.1) is 5.92 Å². The van der Waals surface area contributed by atoms with Gasteiger partial charge in [-0.15, -0.1) is 0 Å². The van der Waals surface area contributed by atoms with Gasteiger partial charge in [-0.05, 0) is 66.3 Å². The van der Waals surface area contributed by atoms with Crippen LogP contribution in [0.15, 0.2) is 77.8 Å². The number of benzene rings is 2. The lowest BCUT2D eigenvalue weighted by Crippen LogP contribution is -2.47. The van der Waals surface area contributed by atoms with E-state index in [0.717, 1.165) is 30.8 Å². The molecule has 0 bridgehead atoms. The number of hydrogen-bond donors (Lipinski definition) is 1. The average molecular weight is 453 g/mol. The first-order valence-electron chi connectivity index (χ1n) is 10.7. The minimum absolute atomic E-state index is 0.139. The van der Waals surface area contributed by atoms with Gasteiger partial charge in [0, 0.05) is 25.0 Å². The average Bonchev–Trinajstić information content (AvgIpc) is 3.26. The second-order valence-corrected chi connectivity index (χ2v) is 10.6. The van der Waals surface area contributed by atoms with Crippen molar-refractivity contribution in [1.29, 1.82) is 0 Å². The fourth-order valence-corrected chi connectivity index (χ4v) is 5.98. The maximum atomic E-state index is 13.1. The summed E-state index contributed by atoms with van der Waals surface area (Å²) in [4.78, 5) is 14.0. The molecule has 7 heteroatoms. The van der Waals surface area contributed by atoms with Gasteiger partial charge >= 0.3 is 5.97 Å². The molecule has 2 heterocycles. The monoisotopic (exact) mass is 452 g/mol. The smallest absolute Gasteiger partial charge is 0.335 e. The number of rotatable bonds is 6. The molecule has 168 valence electrons. The third-order valence-corrected chi connectivity index (χ3v) is 8.56. The molecule has 1 aliphatic rings. The summed E-state index contributed by atoms with van der Waals surface area (Å²) in [6.45, 7) is 6.51. The van der Waals surface area contributed by atoms with Gasteiger partial charge < -0.3 is 5.11 Å². The first-order chi connectivity index (χ1) is 15.2. The number of nitrogens with zero attached hydrogens (tertiary/aromatic N) is 2. The van der Waals surface area contributed by atoms with Crippen molar-refractivity contribution in [3.8, 4) is 0 Å². The largest absolute Gasteiger partial charge is 0.478 e. The molecule has 0 saturated carbocycles. The Morgan fingerprint density at radius 3 is 2.53 bits per heavy atom. The van der Waals surface area contributed by atoms with E-state index in [1.807, 2.05) is 18.2 Å². The maximum absolute atomic E-state index is 13.1. The molecule has 1 N–H and O–H groups in total. The molecule has 3 aromatic rings. The van der Waals surface area contributed by atoms with E-state index in [2.05, 4.69) is 18.7 Å². The summed E-state index contributed by atoms with van der Waals surface area (Å²) in [7, 11) is -3.63. The predicted octanol–water partition coefficient (Wildman–Crippen LogP) is 4.22. The highest BCUT2D eigenvalue weighted by molar-refractivity contribution is 7.90. The Kier molecular flexibility index (Phi) is 5.97. The Balaban J connectivity index is 1.52. The van der Waals surface area contributed by atoms with Crippen molar-refractivity contribution in [1.82, 2.24) is 8.87 Å². The molecule has 0 spiro atoms. The first kappa shape index (κ1) is 22.3. The summed E-state index contributed by atoms with van der Waals surface area (Å²) >= 11 is 0. The van der Waals surface area contributed by atoms with E-state index in [9.17, 15) is 18.3 Å². The van der Waals surface area contributed by atoms with Gasteiger partial charge in [-0.2, -0.15) is 0 Å². The van der Waals surface area contributed by atoms with Crippen LogP contribution in [0.4, 0.5) is 0 Å². The number of hydrogen-bond acceptors (Lipinski definition) is 4. The van der Waals surface area contributed by atoms with Gasteiger partial charge in [0.05, 0.1) is 10.5 Å². The van der Waals surface area contributed by atoms with Crippen molar-refractivity contribution in [3.05, 3.63) is 89.7 Å². The van der Waals surface area contributed by atoms with E-state index >= 15 is 0 Å². The van der Waals surface area contributed by atoms with Crippen molar-refractivity contribution >= 4 is 16.0 Å². The topological polar surface area (TPSA) is 79.6 Å². The lowest BCUT2D eigenvalue weighted by atomic mass is 9.68. The molecule has 1 saturated heterocycles. The normalized spacial score (nSPS) is 22.0. The summed E-state index contributed by atoms with van der Waals surface area (Å²) in [6.07, 6.45) is 2.47. The van der Waals surface area contributed by atoms with Crippen LogP contribution in [0.2, 0.25) is 0 Å². The van der Waals surface area contributed by atoms with Gasteiger partial charge in [-0.1, -0.05) is 44.2 Å². The predicted molar refractivity (Wildman–Crippen MR) is 123 cm³/mol. The van der Waals surface area contributed by atoms with Crippen LogP contribution >= 0.6 is 0 Å². The Morgan fingerprint density at radius 2 is 1.84 bits per heavy atom. The molecule has 0 aliphatic carbocycles. The molecule has 0 unspecified atom stereocenters. The highest BCUT2D eigenvalue weighted by Crippen LogP contribution is 2.40. The SMILES string of the molecule is C[C@H]1CN(Cc2cccn2S(=O)(=O)c2ccccc2)CC[C@@]1(C)c1cccc(C(=O)O)c1. The number of aromatic nitrogens is 1. The van der Waals surface area contributed by atoms with Gasteiger partial charge in [0.1, 0.15) is 0 Å². The summed E-state index contributed by atoms with van der Waals surface area (Å²) in [6, 6.07) is 19.3. The van der Waals surface area contributed by atoms with Crippen LogP contribution in [-0.4, -0.2) is 41.5 Å². The summed E-state index contributed by atoms with van der Waals surface area (Å²) in [5.74, 6) is -0.643. The lowest BCUT2D eigenvalue weighted by Gasteiger charge is -2.45. The van der Waals surface area contributed by atoms with E-state index in [0.29, 0.717) is 12.1 Å². The number of carboxylic acids is 1. The van der Waals surface area contributed by atoms with Crippen LogP contribution in [0.1, 0.15) is 41.9 Å². The first-order valence-corrected chi connectivity index (χ1v) is 12.2. The van der Waals surface area contributed by atoms with E-state index in [1.54, 1.807) is 54.7 Å². The lowest BCUT2D eigenvalue weighted by molar-refractivity contribution is 0.0695. The summed E-state index contributed by atoms with van der Waals surface area (Å²) < 4.78 is 27.6. The van der Waals surface area contributed by atoms with Crippen LogP contribution in [-0.2, 0) is 22.0 Å². The third kappa shape index (κ3) is 4.10. The minimum Gasteiger partial charge on any atom is -0.478 e. The third-order valence-electron chi connectivity index (χ3n) is 6.81. The van der Waals surface area contributed by atoms with E-state index in [4.69, 9.17) is 0 Å². The van der Waals surface area contributed by atoms with Gasteiger partial charge in [-0.25, -0.2) is 17.2 Å². The van der Waals surface area contributed by atoms with Crippen molar-refractivity contribution in [3.63, 3.8) is 0 Å². The number of aromatic carboxylic acids is 1. The molecule has 2 atom stereocenters. The van der Waals surface area contributed by atoms with Crippen molar-refractivity contribution in [2.45, 2.75) is 37.1 Å². The van der Waals surface area contributed by atoms with Crippen LogP contribution in [0.25, 0.3) is 0 Å². The number of likely N-dealkylation sites (tertiary alicyclic amines) is 1. The molecule has 4 rings (SSSR count). The highest BCUT2D eigenvalue weighted by atomic mass is 32.2. The Morgan fingerprint density at radius 1 is 1.09 bits per heavy atom. The van der Waals surface area contributed by atoms with Crippen molar-refractivity contribution in [2.75, 3.05) is 13.1 Å². The second kappa shape index (κ2) is 8.56. The Labute approximate surface area is 189 Å². The molecular weight excluding hydrogens is 424 g/mol. The zero-order chi connectivity index (χ0) is 22.9. The molecular formula is C25H28N2O4S. The van der Waals surface area contributed by atoms with Crippen LogP contribution in [0.3, 0.4) is 0 Å². The molecule has 1 fully saturated rings. The minimum atomic E-state index is -3.63. The van der Waals surface area contributed by atoms with Gasteiger partial charge in [-0.3, -0.25) is 4.90 Å². The van der Waals surface area contributed by atoms with Crippen LogP contribution < -0.4 is 0 Å². The number of piperidine rings is 1. The van der Waals surface area contributed by atoms with Gasteiger partial charge in [0.2, 0.25) is 0 Å². The molecule has 0 amide bonds. The highest BCUT2D eigenvalue weighted by Gasteiger charge is 2.38. The molecule has 2 aromatic carbocycles. The van der Waals surface area contributed by atoms with E-state index in [1.165, 1.54) is 3.97 Å². The molecule has 1 aromatic heterocycles. The van der Waals surface area contributed by atoms with Crippen LogP contribution in [0.5, 0.6) is 0 Å². The van der Waals surface area contributed by atoms with Crippen molar-refractivity contribution < 1.29 is 18.3 Å². The number of carbonyl (C=O) groups is 1. The molecule has 1 aliphatic heterocycles. The molecule has 32 heavy (non-hydrogen) atoms. The van der Waals surface area contributed by atoms with E-state index in [-0.39, 0.29) is 16.2 Å². The summed E-state index contributed by atoms with van der Waals surface area (Å²) in [5.41, 5.74) is 1.94.